The number of hydrogen-bond donors (Lipinski definition) is 2. The second kappa shape index (κ2) is 6.79. The molecule has 0 unspecified atom stereocenters. The van der Waals surface area contributed by atoms with Crippen LogP contribution in [-0.2, 0) is 11.2 Å². The molecule has 23 heavy (non-hydrogen) atoms. The van der Waals surface area contributed by atoms with Gasteiger partial charge in [0.05, 0.1) is 0 Å². The minimum absolute atomic E-state index is 0.155. The highest BCUT2D eigenvalue weighted by Crippen LogP contribution is 2.18. The summed E-state index contributed by atoms with van der Waals surface area (Å²) in [5, 5.41) is 3.90. The predicted molar refractivity (Wildman–Crippen MR) is 90.6 cm³/mol. The molecular weight excluding hydrogens is 290 g/mol. The maximum absolute atomic E-state index is 11.8. The molecule has 5 nitrogen and oxygen atoms in total. The number of anilines is 1. The van der Waals surface area contributed by atoms with Crippen LogP contribution in [-0.4, -0.2) is 17.4 Å². The van der Waals surface area contributed by atoms with Gasteiger partial charge in [-0.05, 0) is 35.9 Å². The second-order valence-electron chi connectivity index (χ2n) is 5.14. The molecule has 0 atom stereocenters. The molecule has 3 aromatic rings. The molecular formula is C18H17N3O2. The number of para-hydroxylation sites is 1. The lowest BCUT2D eigenvalue weighted by atomic mass is 10.2. The van der Waals surface area contributed by atoms with Crippen molar-refractivity contribution < 1.29 is 9.21 Å². The van der Waals surface area contributed by atoms with E-state index in [1.54, 1.807) is 24.4 Å². The summed E-state index contributed by atoms with van der Waals surface area (Å²) in [7, 11) is 0. The Labute approximate surface area is 133 Å². The number of pyridine rings is 1. The van der Waals surface area contributed by atoms with Gasteiger partial charge in [-0.3, -0.25) is 4.79 Å². The third-order valence-electron chi connectivity index (χ3n) is 3.38. The van der Waals surface area contributed by atoms with E-state index in [0.29, 0.717) is 18.8 Å². The fourth-order valence-electron chi connectivity index (χ4n) is 2.22. The maximum atomic E-state index is 11.8. The number of amides is 1. The summed E-state index contributed by atoms with van der Waals surface area (Å²) in [6.07, 6.45) is 5.44. The molecule has 3 N–H and O–H groups in total. The lowest BCUT2D eigenvalue weighted by Gasteiger charge is -2.00. The summed E-state index contributed by atoms with van der Waals surface area (Å²) >= 11 is 0. The maximum Gasteiger partial charge on any atom is 0.244 e. The molecule has 1 amide bonds. The van der Waals surface area contributed by atoms with Crippen molar-refractivity contribution in [1.29, 1.82) is 0 Å². The van der Waals surface area contributed by atoms with Crippen molar-refractivity contribution in [2.75, 3.05) is 12.3 Å². The molecule has 0 fully saturated rings. The number of rotatable bonds is 5. The van der Waals surface area contributed by atoms with E-state index in [2.05, 4.69) is 10.3 Å². The van der Waals surface area contributed by atoms with Gasteiger partial charge in [-0.1, -0.05) is 18.2 Å². The van der Waals surface area contributed by atoms with Gasteiger partial charge in [-0.2, -0.15) is 0 Å². The van der Waals surface area contributed by atoms with E-state index >= 15 is 0 Å². The molecule has 2 heterocycles. The molecule has 0 saturated heterocycles. The molecule has 0 aliphatic heterocycles. The Balaban J connectivity index is 1.49. The fraction of sp³-hybridized carbons (Fsp3) is 0.111. The number of nitrogens with two attached hydrogens (primary N) is 1. The Morgan fingerprint density at radius 3 is 2.91 bits per heavy atom. The Hall–Kier alpha value is -3.08. The van der Waals surface area contributed by atoms with Gasteiger partial charge in [0.25, 0.3) is 0 Å². The van der Waals surface area contributed by atoms with Gasteiger partial charge in [-0.15, -0.1) is 0 Å². The molecule has 1 aromatic carbocycles. The summed E-state index contributed by atoms with van der Waals surface area (Å²) in [6, 6.07) is 13.3. The van der Waals surface area contributed by atoms with Gasteiger partial charge in [0.2, 0.25) is 5.91 Å². The van der Waals surface area contributed by atoms with Crippen molar-refractivity contribution in [2.24, 2.45) is 0 Å². The normalized spacial score (nSPS) is 11.1. The van der Waals surface area contributed by atoms with Crippen LogP contribution < -0.4 is 11.1 Å². The van der Waals surface area contributed by atoms with Crippen LogP contribution in [0.4, 0.5) is 5.82 Å². The summed E-state index contributed by atoms with van der Waals surface area (Å²) < 4.78 is 5.70. The lowest BCUT2D eigenvalue weighted by molar-refractivity contribution is -0.116. The molecule has 0 radical (unpaired) electrons. The van der Waals surface area contributed by atoms with Crippen LogP contribution in [0, 0.1) is 0 Å². The second-order valence-corrected chi connectivity index (χ2v) is 5.14. The van der Waals surface area contributed by atoms with Gasteiger partial charge in [0.15, 0.2) is 0 Å². The van der Waals surface area contributed by atoms with Crippen LogP contribution in [0.1, 0.15) is 11.3 Å². The first-order valence-corrected chi connectivity index (χ1v) is 7.35. The van der Waals surface area contributed by atoms with Crippen LogP contribution in [0.2, 0.25) is 0 Å². The molecule has 0 spiro atoms. The Morgan fingerprint density at radius 2 is 2.13 bits per heavy atom. The highest BCUT2D eigenvalue weighted by atomic mass is 16.3. The van der Waals surface area contributed by atoms with Gasteiger partial charge < -0.3 is 15.5 Å². The Kier molecular flexibility index (Phi) is 4.38. The number of nitrogens with one attached hydrogen (secondary N) is 1. The smallest absolute Gasteiger partial charge is 0.244 e. The highest BCUT2D eigenvalue weighted by Gasteiger charge is 2.03. The third-order valence-corrected chi connectivity index (χ3v) is 3.38. The topological polar surface area (TPSA) is 81.2 Å². The number of benzene rings is 1. The van der Waals surface area contributed by atoms with Crippen molar-refractivity contribution in [3.05, 3.63) is 66.1 Å². The van der Waals surface area contributed by atoms with Gasteiger partial charge >= 0.3 is 0 Å². The van der Waals surface area contributed by atoms with Crippen molar-refractivity contribution >= 4 is 28.8 Å². The first-order valence-electron chi connectivity index (χ1n) is 7.35. The van der Waals surface area contributed by atoms with Crippen LogP contribution in [0.3, 0.4) is 0 Å². The Bertz CT molecular complexity index is 802. The molecule has 2 aromatic heterocycles. The number of aromatic nitrogens is 1. The van der Waals surface area contributed by atoms with E-state index in [9.17, 15) is 4.79 Å². The average Bonchev–Trinajstić information content (AvgIpc) is 2.97. The van der Waals surface area contributed by atoms with Crippen molar-refractivity contribution in [2.45, 2.75) is 6.42 Å². The van der Waals surface area contributed by atoms with E-state index < -0.39 is 0 Å². The summed E-state index contributed by atoms with van der Waals surface area (Å²) in [5.41, 5.74) is 7.20. The first-order chi connectivity index (χ1) is 11.2. The minimum Gasteiger partial charge on any atom is -0.461 e. The number of nitrogen functional groups attached to an aromatic ring is 1. The van der Waals surface area contributed by atoms with E-state index in [4.69, 9.17) is 10.2 Å². The quantitative estimate of drug-likeness (QED) is 0.710. The van der Waals surface area contributed by atoms with Gasteiger partial charge in [-0.25, -0.2) is 4.98 Å². The zero-order valence-corrected chi connectivity index (χ0v) is 12.5. The average molecular weight is 307 g/mol. The van der Waals surface area contributed by atoms with Crippen LogP contribution in [0.15, 0.2) is 59.2 Å². The van der Waals surface area contributed by atoms with E-state index in [1.807, 2.05) is 30.3 Å². The largest absolute Gasteiger partial charge is 0.461 e. The number of carbonyl (C=O) groups is 1. The van der Waals surface area contributed by atoms with Gasteiger partial charge in [0, 0.05) is 30.6 Å². The van der Waals surface area contributed by atoms with Crippen LogP contribution >= 0.6 is 0 Å². The Morgan fingerprint density at radius 1 is 1.26 bits per heavy atom. The van der Waals surface area contributed by atoms with Crippen LogP contribution in [0.5, 0.6) is 0 Å². The number of fused-ring (bicyclic) bond motifs is 1. The standard InChI is InChI=1S/C18H17N3O2/c19-17-7-5-13(12-21-17)6-8-18(22)20-10-9-15-11-14-3-1-2-4-16(14)23-15/h1-8,11-12H,9-10H2,(H2,19,21)(H,20,22). The number of hydrogen-bond acceptors (Lipinski definition) is 4. The molecule has 5 heteroatoms. The molecule has 3 rings (SSSR count). The van der Waals surface area contributed by atoms with E-state index in [1.165, 1.54) is 6.08 Å². The molecule has 0 saturated carbocycles. The van der Waals surface area contributed by atoms with Gasteiger partial charge in [0.1, 0.15) is 17.2 Å². The van der Waals surface area contributed by atoms with Crippen molar-refractivity contribution in [1.82, 2.24) is 10.3 Å². The molecule has 116 valence electrons. The third kappa shape index (κ3) is 3.97. The lowest BCUT2D eigenvalue weighted by Crippen LogP contribution is -2.23. The number of nitrogens with zero attached hydrogens (tertiary/aromatic N) is 1. The minimum atomic E-state index is -0.155. The zero-order valence-electron chi connectivity index (χ0n) is 12.5. The van der Waals surface area contributed by atoms with Crippen molar-refractivity contribution in [3.8, 4) is 0 Å². The summed E-state index contributed by atoms with van der Waals surface area (Å²) in [6.45, 7) is 0.517. The zero-order chi connectivity index (χ0) is 16.1. The molecule has 0 aliphatic carbocycles. The first kappa shape index (κ1) is 14.8. The predicted octanol–water partition coefficient (Wildman–Crippen LogP) is 2.78. The van der Waals surface area contributed by atoms with E-state index in [0.717, 1.165) is 22.3 Å². The summed E-state index contributed by atoms with van der Waals surface area (Å²) in [5.74, 6) is 1.16. The SMILES string of the molecule is Nc1ccc(C=CC(=O)NCCc2cc3ccccc3o2)cn1. The van der Waals surface area contributed by atoms with E-state index in [-0.39, 0.29) is 5.91 Å². The summed E-state index contributed by atoms with van der Waals surface area (Å²) in [4.78, 5) is 15.7. The highest BCUT2D eigenvalue weighted by molar-refractivity contribution is 5.91. The van der Waals surface area contributed by atoms with Crippen LogP contribution in [0.25, 0.3) is 17.0 Å². The molecule has 0 bridgehead atoms. The fourth-order valence-corrected chi connectivity index (χ4v) is 2.22. The number of furan rings is 1. The monoisotopic (exact) mass is 307 g/mol. The van der Waals surface area contributed by atoms with Crippen molar-refractivity contribution in [3.63, 3.8) is 0 Å². The number of carbonyl (C=O) groups excluding carboxylic acids is 1. The molecule has 0 aliphatic rings.